The van der Waals surface area contributed by atoms with Crippen molar-refractivity contribution in [2.24, 2.45) is 11.1 Å². The fourth-order valence-corrected chi connectivity index (χ4v) is 2.58. The van der Waals surface area contributed by atoms with Crippen LogP contribution >= 0.6 is 11.6 Å². The molecular formula is C13H18ClNO. The summed E-state index contributed by atoms with van der Waals surface area (Å²) in [6.07, 6.45) is 0. The average Bonchev–Trinajstić information content (AvgIpc) is 2.19. The summed E-state index contributed by atoms with van der Waals surface area (Å²) in [4.78, 5) is 0. The molecule has 3 heteroatoms. The van der Waals surface area contributed by atoms with E-state index in [9.17, 15) is 0 Å². The molecule has 16 heavy (non-hydrogen) atoms. The van der Waals surface area contributed by atoms with Gasteiger partial charge in [0, 0.05) is 10.4 Å². The van der Waals surface area contributed by atoms with Crippen molar-refractivity contribution in [3.63, 3.8) is 0 Å². The van der Waals surface area contributed by atoms with E-state index in [2.05, 4.69) is 19.9 Å². The molecule has 2 N–H and O–H groups in total. The Morgan fingerprint density at radius 2 is 2.00 bits per heavy atom. The number of benzene rings is 1. The van der Waals surface area contributed by atoms with E-state index in [4.69, 9.17) is 22.1 Å². The lowest BCUT2D eigenvalue weighted by Crippen LogP contribution is -2.59. The van der Waals surface area contributed by atoms with E-state index < -0.39 is 0 Å². The standard InChI is InChI=1S/C13H18ClNO/c1-12(2,7-15)13(8-16-9-13)10-5-3-4-6-11(10)14/h3-6H,7-9,15H2,1-2H3. The van der Waals surface area contributed by atoms with Crippen LogP contribution in [0.4, 0.5) is 0 Å². The molecule has 0 saturated carbocycles. The Hall–Kier alpha value is -0.570. The Morgan fingerprint density at radius 1 is 1.38 bits per heavy atom. The fourth-order valence-electron chi connectivity index (χ4n) is 2.26. The number of rotatable bonds is 3. The highest BCUT2D eigenvalue weighted by atomic mass is 35.5. The summed E-state index contributed by atoms with van der Waals surface area (Å²) in [6, 6.07) is 7.99. The van der Waals surface area contributed by atoms with Gasteiger partial charge in [0.2, 0.25) is 0 Å². The van der Waals surface area contributed by atoms with Gasteiger partial charge in [-0.1, -0.05) is 43.6 Å². The van der Waals surface area contributed by atoms with Crippen molar-refractivity contribution < 1.29 is 4.74 Å². The third-order valence-corrected chi connectivity index (χ3v) is 4.22. The van der Waals surface area contributed by atoms with Crippen LogP contribution in [-0.2, 0) is 10.2 Å². The molecule has 0 aliphatic carbocycles. The molecule has 1 fully saturated rings. The molecule has 0 amide bonds. The second kappa shape index (κ2) is 4.02. The van der Waals surface area contributed by atoms with E-state index in [1.807, 2.05) is 18.2 Å². The van der Waals surface area contributed by atoms with Gasteiger partial charge < -0.3 is 10.5 Å². The first kappa shape index (κ1) is 11.9. The average molecular weight is 240 g/mol. The topological polar surface area (TPSA) is 35.2 Å². The zero-order valence-electron chi connectivity index (χ0n) is 9.79. The van der Waals surface area contributed by atoms with Crippen molar-refractivity contribution in [3.05, 3.63) is 34.9 Å². The van der Waals surface area contributed by atoms with E-state index in [-0.39, 0.29) is 10.8 Å². The van der Waals surface area contributed by atoms with Gasteiger partial charge in [-0.3, -0.25) is 0 Å². The molecule has 1 saturated heterocycles. The number of halogens is 1. The summed E-state index contributed by atoms with van der Waals surface area (Å²) in [7, 11) is 0. The lowest BCUT2D eigenvalue weighted by atomic mass is 9.60. The first-order chi connectivity index (χ1) is 7.53. The van der Waals surface area contributed by atoms with E-state index >= 15 is 0 Å². The molecule has 1 aromatic carbocycles. The maximum atomic E-state index is 6.29. The molecule has 0 unspecified atom stereocenters. The third kappa shape index (κ3) is 1.56. The van der Waals surface area contributed by atoms with Crippen LogP contribution in [0.2, 0.25) is 5.02 Å². The molecule has 0 radical (unpaired) electrons. The first-order valence-electron chi connectivity index (χ1n) is 5.56. The summed E-state index contributed by atoms with van der Waals surface area (Å²) in [5, 5.41) is 0.812. The van der Waals surface area contributed by atoms with Gasteiger partial charge in [0.25, 0.3) is 0 Å². The van der Waals surface area contributed by atoms with Crippen molar-refractivity contribution >= 4 is 11.6 Å². The van der Waals surface area contributed by atoms with Gasteiger partial charge in [0.15, 0.2) is 0 Å². The summed E-state index contributed by atoms with van der Waals surface area (Å²) in [5.74, 6) is 0. The van der Waals surface area contributed by atoms with E-state index in [1.165, 1.54) is 5.56 Å². The van der Waals surface area contributed by atoms with Crippen LogP contribution in [0.1, 0.15) is 19.4 Å². The maximum Gasteiger partial charge on any atom is 0.0591 e. The van der Waals surface area contributed by atoms with Crippen LogP contribution in [0.25, 0.3) is 0 Å². The molecule has 1 aromatic rings. The van der Waals surface area contributed by atoms with Gasteiger partial charge >= 0.3 is 0 Å². The Morgan fingerprint density at radius 3 is 2.44 bits per heavy atom. The van der Waals surface area contributed by atoms with E-state index in [0.717, 1.165) is 5.02 Å². The smallest absolute Gasteiger partial charge is 0.0591 e. The Labute approximate surface area is 102 Å². The molecule has 1 heterocycles. The zero-order chi connectivity index (χ0) is 11.8. The first-order valence-corrected chi connectivity index (χ1v) is 5.94. The van der Waals surface area contributed by atoms with E-state index in [0.29, 0.717) is 19.8 Å². The van der Waals surface area contributed by atoms with Crippen LogP contribution in [0.15, 0.2) is 24.3 Å². The van der Waals surface area contributed by atoms with Crippen LogP contribution in [0.3, 0.4) is 0 Å². The predicted octanol–water partition coefficient (Wildman–Crippen LogP) is 2.59. The van der Waals surface area contributed by atoms with Gasteiger partial charge in [-0.15, -0.1) is 0 Å². The minimum atomic E-state index is -0.0277. The normalized spacial score (nSPS) is 19.2. The molecule has 1 aliphatic heterocycles. The Balaban J connectivity index is 2.47. The quantitative estimate of drug-likeness (QED) is 0.880. The fraction of sp³-hybridized carbons (Fsp3) is 0.538. The summed E-state index contributed by atoms with van der Waals surface area (Å²) in [5.41, 5.74) is 7.02. The van der Waals surface area contributed by atoms with Crippen molar-refractivity contribution in [1.29, 1.82) is 0 Å². The highest BCUT2D eigenvalue weighted by Gasteiger charge is 2.52. The van der Waals surface area contributed by atoms with Gasteiger partial charge in [-0.05, 0) is 23.6 Å². The van der Waals surface area contributed by atoms with Gasteiger partial charge in [0.05, 0.1) is 13.2 Å². The highest BCUT2D eigenvalue weighted by Crippen LogP contribution is 2.48. The van der Waals surface area contributed by atoms with Crippen molar-refractivity contribution in [2.45, 2.75) is 19.3 Å². The molecule has 0 atom stereocenters. The molecule has 0 bridgehead atoms. The number of hydrogen-bond donors (Lipinski definition) is 1. The maximum absolute atomic E-state index is 6.29. The van der Waals surface area contributed by atoms with Crippen LogP contribution in [0, 0.1) is 5.41 Å². The molecule has 2 rings (SSSR count). The number of ether oxygens (including phenoxy) is 1. The highest BCUT2D eigenvalue weighted by molar-refractivity contribution is 6.31. The Kier molecular flexibility index (Phi) is 2.99. The summed E-state index contributed by atoms with van der Waals surface area (Å²) >= 11 is 6.29. The molecule has 88 valence electrons. The van der Waals surface area contributed by atoms with E-state index in [1.54, 1.807) is 0 Å². The summed E-state index contributed by atoms with van der Waals surface area (Å²) < 4.78 is 5.42. The lowest BCUT2D eigenvalue weighted by Gasteiger charge is -2.52. The Bertz CT molecular complexity index is 385. The van der Waals surface area contributed by atoms with Crippen LogP contribution < -0.4 is 5.73 Å². The van der Waals surface area contributed by atoms with Crippen LogP contribution in [-0.4, -0.2) is 19.8 Å². The predicted molar refractivity (Wildman–Crippen MR) is 66.8 cm³/mol. The lowest BCUT2D eigenvalue weighted by molar-refractivity contribution is -0.116. The second-order valence-electron chi connectivity index (χ2n) is 5.14. The van der Waals surface area contributed by atoms with Gasteiger partial charge in [-0.25, -0.2) is 0 Å². The molecule has 1 aliphatic rings. The van der Waals surface area contributed by atoms with Crippen LogP contribution in [0.5, 0.6) is 0 Å². The SMILES string of the molecule is CC(C)(CN)C1(c2ccccc2Cl)COC1. The van der Waals surface area contributed by atoms with Crippen molar-refractivity contribution in [1.82, 2.24) is 0 Å². The zero-order valence-corrected chi connectivity index (χ0v) is 10.6. The largest absolute Gasteiger partial charge is 0.379 e. The minimum absolute atomic E-state index is 0.00373. The molecule has 0 aromatic heterocycles. The third-order valence-electron chi connectivity index (χ3n) is 3.89. The minimum Gasteiger partial charge on any atom is -0.379 e. The monoisotopic (exact) mass is 239 g/mol. The summed E-state index contributed by atoms with van der Waals surface area (Å²) in [6.45, 7) is 6.40. The molecule has 0 spiro atoms. The molecular weight excluding hydrogens is 222 g/mol. The van der Waals surface area contributed by atoms with Gasteiger partial charge in [0.1, 0.15) is 0 Å². The molecule has 2 nitrogen and oxygen atoms in total. The number of hydrogen-bond acceptors (Lipinski definition) is 2. The van der Waals surface area contributed by atoms with Crippen molar-refractivity contribution in [2.75, 3.05) is 19.8 Å². The van der Waals surface area contributed by atoms with Gasteiger partial charge in [-0.2, -0.15) is 0 Å². The second-order valence-corrected chi connectivity index (χ2v) is 5.55. The number of nitrogens with two attached hydrogens (primary N) is 1. The van der Waals surface area contributed by atoms with Crippen molar-refractivity contribution in [3.8, 4) is 0 Å².